The molecule has 0 saturated carbocycles. The fourth-order valence-corrected chi connectivity index (χ4v) is 4.82. The van der Waals surface area contributed by atoms with Gasteiger partial charge in [-0.3, -0.25) is 0 Å². The van der Waals surface area contributed by atoms with Gasteiger partial charge in [-0.05, 0) is 107 Å². The van der Waals surface area contributed by atoms with E-state index >= 15 is 0 Å². The van der Waals surface area contributed by atoms with Gasteiger partial charge in [0.05, 0.1) is 18.9 Å². The van der Waals surface area contributed by atoms with Crippen molar-refractivity contribution in [2.24, 2.45) is 0 Å². The van der Waals surface area contributed by atoms with Crippen LogP contribution in [0.15, 0.2) is 89.6 Å². The number of hydrogen-bond acceptors (Lipinski definition) is 4. The molecule has 5 rings (SSSR count). The Bertz CT molecular complexity index is 1680. The average Bonchev–Trinajstić information content (AvgIpc) is 3.40. The second-order valence-corrected chi connectivity index (χ2v) is 9.10. The summed E-state index contributed by atoms with van der Waals surface area (Å²) in [5, 5.41) is 4.86. The minimum absolute atomic E-state index is 0.293. The maximum Gasteiger partial charge on any atom is 0.337 e. The van der Waals surface area contributed by atoms with E-state index in [2.05, 4.69) is 24.2 Å². The number of esters is 1. The van der Waals surface area contributed by atoms with Crippen molar-refractivity contribution in [3.63, 3.8) is 0 Å². The van der Waals surface area contributed by atoms with Gasteiger partial charge in [0.2, 0.25) is 0 Å². The minimum Gasteiger partial charge on any atom is -0.465 e. The highest BCUT2D eigenvalue weighted by Gasteiger charge is 2.18. The Morgan fingerprint density at radius 3 is 2.46 bits per heavy atom. The van der Waals surface area contributed by atoms with Crippen LogP contribution in [0.25, 0.3) is 33.2 Å². The highest BCUT2D eigenvalue weighted by molar-refractivity contribution is 6.05. The summed E-state index contributed by atoms with van der Waals surface area (Å²) >= 11 is 0. The van der Waals surface area contributed by atoms with Gasteiger partial charge >= 0.3 is 5.97 Å². The molecule has 0 bridgehead atoms. The lowest BCUT2D eigenvalue weighted by atomic mass is 9.86. The Morgan fingerprint density at radius 1 is 0.865 bits per heavy atom. The number of methoxy groups -OCH3 is 1. The van der Waals surface area contributed by atoms with E-state index in [1.807, 2.05) is 56.3 Å². The summed E-state index contributed by atoms with van der Waals surface area (Å²) < 4.78 is 24.8. The smallest absolute Gasteiger partial charge is 0.337 e. The number of aromatic nitrogens is 1. The third-order valence-electron chi connectivity index (χ3n) is 6.77. The average molecular weight is 492 g/mol. The molecule has 37 heavy (non-hydrogen) atoms. The number of rotatable bonds is 5. The van der Waals surface area contributed by atoms with Crippen molar-refractivity contribution in [2.45, 2.75) is 20.8 Å². The molecule has 0 spiro atoms. The standard InChI is InChI=1S/C32H26FNO3/c1-19-11-13-25(33)17-28(19)31(27-9-6-10-30-29(27)18-34-37-30)21(3)22-7-5-8-23(16-22)26-14-12-24(15-20(26)2)32(35)36-4/h5-18H,1-4H3/b31-21+. The normalized spacial score (nSPS) is 11.9. The van der Waals surface area contributed by atoms with Gasteiger partial charge in [0, 0.05) is 5.39 Å². The van der Waals surface area contributed by atoms with E-state index in [1.165, 1.54) is 13.2 Å². The van der Waals surface area contributed by atoms with E-state index in [0.717, 1.165) is 55.5 Å². The lowest BCUT2D eigenvalue weighted by Crippen LogP contribution is -2.01. The van der Waals surface area contributed by atoms with Gasteiger partial charge in [-0.15, -0.1) is 0 Å². The Kier molecular flexibility index (Phi) is 6.45. The molecule has 0 aliphatic rings. The first-order valence-electron chi connectivity index (χ1n) is 12.0. The van der Waals surface area contributed by atoms with Crippen LogP contribution in [0.4, 0.5) is 4.39 Å². The molecule has 1 aromatic heterocycles. The largest absolute Gasteiger partial charge is 0.465 e. The van der Waals surface area contributed by atoms with Crippen LogP contribution < -0.4 is 0 Å². The molecule has 0 unspecified atom stereocenters. The van der Waals surface area contributed by atoms with Crippen LogP contribution in [0.2, 0.25) is 0 Å². The molecular weight excluding hydrogens is 465 g/mol. The van der Waals surface area contributed by atoms with Gasteiger partial charge in [-0.2, -0.15) is 0 Å². The number of allylic oxidation sites excluding steroid dienone is 1. The van der Waals surface area contributed by atoms with Crippen LogP contribution in [0.3, 0.4) is 0 Å². The number of carbonyl (C=O) groups is 1. The number of benzene rings is 4. The summed E-state index contributed by atoms with van der Waals surface area (Å²) in [4.78, 5) is 12.0. The molecule has 0 atom stereocenters. The number of ether oxygens (including phenoxy) is 1. The molecule has 0 aliphatic carbocycles. The van der Waals surface area contributed by atoms with Gasteiger partial charge in [0.25, 0.3) is 0 Å². The van der Waals surface area contributed by atoms with E-state index in [0.29, 0.717) is 11.1 Å². The van der Waals surface area contributed by atoms with Gasteiger partial charge in [0.15, 0.2) is 5.58 Å². The number of nitrogens with zero attached hydrogens (tertiary/aromatic N) is 1. The molecule has 4 aromatic carbocycles. The quantitative estimate of drug-likeness (QED) is 0.185. The molecule has 184 valence electrons. The number of fused-ring (bicyclic) bond motifs is 1. The fraction of sp³-hybridized carbons (Fsp3) is 0.125. The highest BCUT2D eigenvalue weighted by Crippen LogP contribution is 2.38. The van der Waals surface area contributed by atoms with Gasteiger partial charge < -0.3 is 9.26 Å². The first-order chi connectivity index (χ1) is 17.9. The zero-order valence-corrected chi connectivity index (χ0v) is 21.1. The van der Waals surface area contributed by atoms with Crippen LogP contribution in [-0.2, 0) is 4.74 Å². The zero-order chi connectivity index (χ0) is 26.1. The van der Waals surface area contributed by atoms with Crippen molar-refractivity contribution >= 4 is 28.1 Å². The SMILES string of the molecule is COC(=O)c1ccc(-c2cccc(/C(C)=C(/c3cc(F)ccc3C)c3cccc4oncc34)c2)c(C)c1. The van der Waals surface area contributed by atoms with Crippen LogP contribution in [-0.4, -0.2) is 18.2 Å². The molecule has 0 amide bonds. The zero-order valence-electron chi connectivity index (χ0n) is 21.1. The lowest BCUT2D eigenvalue weighted by Gasteiger charge is -2.18. The highest BCUT2D eigenvalue weighted by atomic mass is 19.1. The molecule has 1 heterocycles. The summed E-state index contributed by atoms with van der Waals surface area (Å²) in [6.07, 6.45) is 1.70. The van der Waals surface area contributed by atoms with Crippen molar-refractivity contribution in [1.82, 2.24) is 5.16 Å². The molecule has 5 heteroatoms. The number of halogens is 1. The molecule has 0 saturated heterocycles. The van der Waals surface area contributed by atoms with E-state index < -0.39 is 0 Å². The van der Waals surface area contributed by atoms with Gasteiger partial charge in [0.1, 0.15) is 5.82 Å². The van der Waals surface area contributed by atoms with Crippen LogP contribution in [0, 0.1) is 19.7 Å². The fourth-order valence-electron chi connectivity index (χ4n) is 4.82. The maximum atomic E-state index is 14.5. The molecule has 0 aliphatic heterocycles. The molecule has 0 N–H and O–H groups in total. The lowest BCUT2D eigenvalue weighted by molar-refractivity contribution is 0.0600. The Morgan fingerprint density at radius 2 is 1.68 bits per heavy atom. The van der Waals surface area contributed by atoms with Gasteiger partial charge in [-0.25, -0.2) is 9.18 Å². The summed E-state index contributed by atoms with van der Waals surface area (Å²) in [5.74, 6) is -0.654. The number of aryl methyl sites for hydroxylation is 2. The molecule has 0 radical (unpaired) electrons. The Hall–Kier alpha value is -4.51. The topological polar surface area (TPSA) is 52.3 Å². The second kappa shape index (κ2) is 9.86. The third kappa shape index (κ3) is 4.56. The van der Waals surface area contributed by atoms with E-state index in [1.54, 1.807) is 24.4 Å². The molecular formula is C32H26FNO3. The predicted octanol–water partition coefficient (Wildman–Crippen LogP) is 8.02. The Balaban J connectivity index is 1.72. The number of carbonyl (C=O) groups excluding carboxylic acids is 1. The van der Waals surface area contributed by atoms with Crippen molar-refractivity contribution in [3.8, 4) is 11.1 Å². The minimum atomic E-state index is -0.361. The van der Waals surface area contributed by atoms with E-state index in [9.17, 15) is 9.18 Å². The summed E-state index contributed by atoms with van der Waals surface area (Å²) in [5.41, 5.74) is 9.82. The second-order valence-electron chi connectivity index (χ2n) is 9.10. The van der Waals surface area contributed by atoms with Crippen LogP contribution >= 0.6 is 0 Å². The molecule has 4 nitrogen and oxygen atoms in total. The van der Waals surface area contributed by atoms with Crippen LogP contribution in [0.5, 0.6) is 0 Å². The van der Waals surface area contributed by atoms with Crippen molar-refractivity contribution in [1.29, 1.82) is 0 Å². The first kappa shape index (κ1) is 24.2. The Labute approximate surface area is 215 Å². The monoisotopic (exact) mass is 491 g/mol. The first-order valence-corrected chi connectivity index (χ1v) is 12.0. The number of hydrogen-bond donors (Lipinski definition) is 0. The van der Waals surface area contributed by atoms with Gasteiger partial charge in [-0.1, -0.05) is 47.6 Å². The van der Waals surface area contributed by atoms with Crippen molar-refractivity contribution in [2.75, 3.05) is 7.11 Å². The van der Waals surface area contributed by atoms with Crippen molar-refractivity contribution in [3.05, 3.63) is 124 Å². The predicted molar refractivity (Wildman–Crippen MR) is 145 cm³/mol. The summed E-state index contributed by atoms with van der Waals surface area (Å²) in [7, 11) is 1.38. The summed E-state index contributed by atoms with van der Waals surface area (Å²) in [6.45, 7) is 6.02. The molecule has 0 fully saturated rings. The van der Waals surface area contributed by atoms with Crippen molar-refractivity contribution < 1.29 is 18.4 Å². The molecule has 5 aromatic rings. The van der Waals surface area contributed by atoms with E-state index in [4.69, 9.17) is 9.26 Å². The van der Waals surface area contributed by atoms with Crippen LogP contribution in [0.1, 0.15) is 45.1 Å². The maximum absolute atomic E-state index is 14.5. The summed E-state index contributed by atoms with van der Waals surface area (Å²) in [6, 6.07) is 24.5. The van der Waals surface area contributed by atoms with E-state index in [-0.39, 0.29) is 11.8 Å². The third-order valence-corrected chi connectivity index (χ3v) is 6.77.